The summed E-state index contributed by atoms with van der Waals surface area (Å²) in [6.45, 7) is 8.38. The maximum atomic E-state index is 4.44. The Kier molecular flexibility index (Phi) is 1.91. The van der Waals surface area contributed by atoms with E-state index in [-0.39, 0.29) is 11.5 Å². The first-order valence-electron chi connectivity index (χ1n) is 4.87. The first-order chi connectivity index (χ1) is 6.48. The standard InChI is InChI=1S/C11H15N3/c1-7-13-8-5-6-12-10(9(8)14-7)11(2,3)4/h5-6,8H,1-4H3. The quantitative estimate of drug-likeness (QED) is 0.560. The molecule has 0 spiro atoms. The molecule has 0 amide bonds. The number of rotatable bonds is 0. The van der Waals surface area contributed by atoms with Crippen LogP contribution in [-0.4, -0.2) is 23.3 Å². The molecule has 0 aromatic heterocycles. The van der Waals surface area contributed by atoms with E-state index in [1.165, 1.54) is 0 Å². The lowest BCUT2D eigenvalue weighted by Crippen LogP contribution is -2.35. The predicted molar refractivity (Wildman–Crippen MR) is 60.4 cm³/mol. The maximum absolute atomic E-state index is 4.44. The zero-order valence-electron chi connectivity index (χ0n) is 9.07. The van der Waals surface area contributed by atoms with Gasteiger partial charge in [-0.25, -0.2) is 4.99 Å². The molecule has 0 radical (unpaired) electrons. The highest BCUT2D eigenvalue weighted by Crippen LogP contribution is 2.24. The van der Waals surface area contributed by atoms with Gasteiger partial charge in [-0.15, -0.1) is 0 Å². The van der Waals surface area contributed by atoms with E-state index in [4.69, 9.17) is 0 Å². The number of hydrogen-bond donors (Lipinski definition) is 0. The lowest BCUT2D eigenvalue weighted by Gasteiger charge is -2.24. The average Bonchev–Trinajstić information content (AvgIpc) is 2.41. The Morgan fingerprint density at radius 3 is 2.64 bits per heavy atom. The van der Waals surface area contributed by atoms with Gasteiger partial charge in [-0.2, -0.15) is 0 Å². The molecule has 0 aliphatic carbocycles. The molecule has 0 fully saturated rings. The second kappa shape index (κ2) is 2.87. The molecule has 14 heavy (non-hydrogen) atoms. The Hall–Kier alpha value is -1.25. The summed E-state index contributed by atoms with van der Waals surface area (Å²) in [5.74, 6) is 0.855. The van der Waals surface area contributed by atoms with Crippen molar-refractivity contribution in [3.8, 4) is 0 Å². The monoisotopic (exact) mass is 189 g/mol. The maximum Gasteiger partial charge on any atom is 0.121 e. The predicted octanol–water partition coefficient (Wildman–Crippen LogP) is 2.24. The average molecular weight is 189 g/mol. The van der Waals surface area contributed by atoms with Crippen LogP contribution in [0.4, 0.5) is 0 Å². The van der Waals surface area contributed by atoms with Gasteiger partial charge < -0.3 is 0 Å². The van der Waals surface area contributed by atoms with Crippen LogP contribution in [0.2, 0.25) is 0 Å². The Bertz CT molecular complexity index is 378. The molecule has 2 aliphatic heterocycles. The summed E-state index contributed by atoms with van der Waals surface area (Å²) in [5, 5.41) is 0. The molecule has 1 atom stereocenters. The van der Waals surface area contributed by atoms with Crippen molar-refractivity contribution in [2.24, 2.45) is 20.4 Å². The second-order valence-electron chi connectivity index (χ2n) is 4.69. The van der Waals surface area contributed by atoms with Gasteiger partial charge in [0.05, 0.1) is 11.4 Å². The van der Waals surface area contributed by atoms with Crippen LogP contribution in [0.3, 0.4) is 0 Å². The summed E-state index contributed by atoms with van der Waals surface area (Å²) in [6.07, 6.45) is 3.83. The number of amidine groups is 1. The topological polar surface area (TPSA) is 37.1 Å². The van der Waals surface area contributed by atoms with Crippen molar-refractivity contribution in [2.75, 3.05) is 0 Å². The van der Waals surface area contributed by atoms with Crippen molar-refractivity contribution < 1.29 is 0 Å². The van der Waals surface area contributed by atoms with Crippen LogP contribution in [0.1, 0.15) is 27.7 Å². The summed E-state index contributed by atoms with van der Waals surface area (Å²) in [6, 6.07) is 0.113. The van der Waals surface area contributed by atoms with Crippen LogP contribution < -0.4 is 0 Å². The van der Waals surface area contributed by atoms with Crippen LogP contribution in [0.15, 0.2) is 27.3 Å². The van der Waals surface area contributed by atoms with Gasteiger partial charge in [-0.05, 0) is 13.0 Å². The van der Waals surface area contributed by atoms with E-state index in [1.54, 1.807) is 0 Å². The van der Waals surface area contributed by atoms with Gasteiger partial charge in [-0.3, -0.25) is 9.98 Å². The fraction of sp³-hybridized carbons (Fsp3) is 0.545. The molecule has 0 saturated heterocycles. The van der Waals surface area contributed by atoms with Crippen molar-refractivity contribution in [3.05, 3.63) is 12.3 Å². The van der Waals surface area contributed by atoms with Crippen molar-refractivity contribution in [1.82, 2.24) is 0 Å². The molecule has 0 bridgehead atoms. The first kappa shape index (κ1) is 9.31. The molecule has 0 N–H and O–H groups in total. The zero-order chi connectivity index (χ0) is 10.3. The third-order valence-corrected chi connectivity index (χ3v) is 2.31. The van der Waals surface area contributed by atoms with Crippen LogP contribution in [0, 0.1) is 5.41 Å². The lowest BCUT2D eigenvalue weighted by atomic mass is 9.84. The second-order valence-corrected chi connectivity index (χ2v) is 4.69. The van der Waals surface area contributed by atoms with Crippen molar-refractivity contribution >= 4 is 17.3 Å². The van der Waals surface area contributed by atoms with Gasteiger partial charge >= 0.3 is 0 Å². The molecule has 1 unspecified atom stereocenters. The molecular formula is C11H15N3. The molecule has 3 heteroatoms. The Balaban J connectivity index is 2.42. The first-order valence-corrected chi connectivity index (χ1v) is 4.87. The normalized spacial score (nSPS) is 25.4. The third-order valence-electron chi connectivity index (χ3n) is 2.31. The highest BCUT2D eigenvalue weighted by molar-refractivity contribution is 6.49. The lowest BCUT2D eigenvalue weighted by molar-refractivity contribution is 0.596. The molecule has 3 nitrogen and oxygen atoms in total. The Morgan fingerprint density at radius 1 is 1.29 bits per heavy atom. The van der Waals surface area contributed by atoms with E-state index in [0.29, 0.717) is 0 Å². The minimum Gasteiger partial charge on any atom is -0.259 e. The summed E-state index contributed by atoms with van der Waals surface area (Å²) in [7, 11) is 0. The zero-order valence-corrected chi connectivity index (χ0v) is 9.07. The van der Waals surface area contributed by atoms with Crippen LogP contribution in [-0.2, 0) is 0 Å². The molecule has 0 aromatic carbocycles. The van der Waals surface area contributed by atoms with Gasteiger partial charge in [0.15, 0.2) is 0 Å². The largest absolute Gasteiger partial charge is 0.259 e. The van der Waals surface area contributed by atoms with E-state index in [9.17, 15) is 0 Å². The molecular weight excluding hydrogens is 174 g/mol. The minimum absolute atomic E-state index is 0.0436. The Morgan fingerprint density at radius 2 is 2.00 bits per heavy atom. The molecule has 74 valence electrons. The van der Waals surface area contributed by atoms with Crippen LogP contribution in [0.5, 0.6) is 0 Å². The van der Waals surface area contributed by atoms with Crippen LogP contribution in [0.25, 0.3) is 0 Å². The van der Waals surface area contributed by atoms with E-state index < -0.39 is 0 Å². The SMILES string of the molecule is CC1=NC2C=CN=C(C(C)(C)C)C2=N1. The molecule has 0 saturated carbocycles. The number of aliphatic imine (C=N–C) groups is 3. The summed E-state index contributed by atoms with van der Waals surface area (Å²) in [4.78, 5) is 13.3. The molecule has 2 rings (SSSR count). The van der Waals surface area contributed by atoms with E-state index in [0.717, 1.165) is 17.3 Å². The van der Waals surface area contributed by atoms with Gasteiger partial charge in [-0.1, -0.05) is 20.8 Å². The number of fused-ring (bicyclic) bond motifs is 1. The summed E-state index contributed by atoms with van der Waals surface area (Å²) in [5.41, 5.74) is 2.13. The van der Waals surface area contributed by atoms with Gasteiger partial charge in [0.2, 0.25) is 0 Å². The van der Waals surface area contributed by atoms with Crippen molar-refractivity contribution in [2.45, 2.75) is 33.7 Å². The van der Waals surface area contributed by atoms with E-state index in [2.05, 4.69) is 35.7 Å². The van der Waals surface area contributed by atoms with Crippen molar-refractivity contribution in [1.29, 1.82) is 0 Å². The van der Waals surface area contributed by atoms with Gasteiger partial charge in [0.25, 0.3) is 0 Å². The summed E-state index contributed by atoms with van der Waals surface area (Å²) >= 11 is 0. The molecule has 2 heterocycles. The highest BCUT2D eigenvalue weighted by Gasteiger charge is 2.32. The van der Waals surface area contributed by atoms with Crippen molar-refractivity contribution in [3.63, 3.8) is 0 Å². The minimum atomic E-state index is 0.0436. The van der Waals surface area contributed by atoms with E-state index >= 15 is 0 Å². The fourth-order valence-corrected chi connectivity index (χ4v) is 1.70. The van der Waals surface area contributed by atoms with Crippen LogP contribution >= 0.6 is 0 Å². The number of hydrogen-bond acceptors (Lipinski definition) is 3. The fourth-order valence-electron chi connectivity index (χ4n) is 1.70. The molecule has 2 aliphatic rings. The smallest absolute Gasteiger partial charge is 0.121 e. The third kappa shape index (κ3) is 1.43. The summed E-state index contributed by atoms with van der Waals surface area (Å²) < 4.78 is 0. The highest BCUT2D eigenvalue weighted by atomic mass is 15.0. The Labute approximate surface area is 84.4 Å². The molecule has 0 aromatic rings. The number of nitrogens with zero attached hydrogens (tertiary/aromatic N) is 3. The van der Waals surface area contributed by atoms with Gasteiger partial charge in [0.1, 0.15) is 11.9 Å². The van der Waals surface area contributed by atoms with E-state index in [1.807, 2.05) is 19.2 Å². The van der Waals surface area contributed by atoms with Gasteiger partial charge in [0, 0.05) is 11.6 Å².